The maximum atomic E-state index is 13.4. The van der Waals surface area contributed by atoms with Crippen LogP contribution in [0.2, 0.25) is 5.02 Å². The maximum Gasteiger partial charge on any atom is 0.317 e. The van der Waals surface area contributed by atoms with Crippen LogP contribution >= 0.6 is 11.6 Å². The fraction of sp³-hybridized carbons (Fsp3) is 0.333. The van der Waals surface area contributed by atoms with Crippen LogP contribution in [0.5, 0.6) is 0 Å². The summed E-state index contributed by atoms with van der Waals surface area (Å²) in [5.74, 6) is 0.195. The summed E-state index contributed by atoms with van der Waals surface area (Å²) in [4.78, 5) is 15.7. The van der Waals surface area contributed by atoms with Gasteiger partial charge in [-0.25, -0.2) is 14.2 Å². The molecule has 5 nitrogen and oxygen atoms in total. The number of nitrogens with one attached hydrogen (secondary N) is 1. The highest BCUT2D eigenvalue weighted by molar-refractivity contribution is 6.33. The molecule has 1 saturated carbocycles. The van der Waals surface area contributed by atoms with Crippen LogP contribution in [-0.2, 0) is 0 Å². The molecule has 0 unspecified atom stereocenters. The largest absolute Gasteiger partial charge is 0.351 e. The molecule has 1 fully saturated rings. The number of benzene rings is 1. The van der Waals surface area contributed by atoms with Crippen LogP contribution in [0.25, 0.3) is 11.1 Å². The molecule has 7 heteroatoms. The smallest absolute Gasteiger partial charge is 0.317 e. The molecule has 0 saturated heterocycles. The van der Waals surface area contributed by atoms with Gasteiger partial charge in [-0.1, -0.05) is 11.6 Å². The second-order valence-electron chi connectivity index (χ2n) is 6.35. The summed E-state index contributed by atoms with van der Waals surface area (Å²) in [7, 11) is 0. The van der Waals surface area contributed by atoms with Gasteiger partial charge < -0.3 is 11.5 Å². The fourth-order valence-corrected chi connectivity index (χ4v) is 3.72. The molecule has 1 aliphatic rings. The number of carbonyl (C=O) groups excluding carboxylic acids is 1. The minimum atomic E-state index is -0.677. The van der Waals surface area contributed by atoms with Gasteiger partial charge >= 0.3 is 6.03 Å². The number of primary amides is 1. The zero-order valence-electron chi connectivity index (χ0n) is 13.6. The summed E-state index contributed by atoms with van der Waals surface area (Å²) >= 11 is 6.26. The van der Waals surface area contributed by atoms with Crippen LogP contribution in [0.1, 0.15) is 37.2 Å². The van der Waals surface area contributed by atoms with Crippen LogP contribution < -0.4 is 16.8 Å². The molecule has 1 aliphatic carbocycles. The topological polar surface area (TPSA) is 94.0 Å². The number of amides is 2. The Morgan fingerprint density at radius 1 is 1.20 bits per heavy atom. The predicted molar refractivity (Wildman–Crippen MR) is 97.0 cm³/mol. The highest BCUT2D eigenvalue weighted by Gasteiger charge is 2.26. The van der Waals surface area contributed by atoms with E-state index in [4.69, 9.17) is 23.1 Å². The van der Waals surface area contributed by atoms with E-state index in [2.05, 4.69) is 10.3 Å². The summed E-state index contributed by atoms with van der Waals surface area (Å²) in [6.07, 6.45) is 5.13. The molecule has 132 valence electrons. The lowest BCUT2D eigenvalue weighted by Gasteiger charge is -2.29. The fourth-order valence-electron chi connectivity index (χ4n) is 3.45. The zero-order chi connectivity index (χ0) is 18.0. The van der Waals surface area contributed by atoms with Gasteiger partial charge in [0, 0.05) is 23.4 Å². The van der Waals surface area contributed by atoms with Crippen molar-refractivity contribution >= 4 is 23.4 Å². The number of hydrogen-bond acceptors (Lipinski definition) is 3. The predicted octanol–water partition coefficient (Wildman–Crippen LogP) is 4.02. The molecule has 0 spiro atoms. The number of halogens is 2. The molecule has 3 rings (SSSR count). The Labute approximate surface area is 150 Å². The van der Waals surface area contributed by atoms with E-state index in [0.717, 1.165) is 36.8 Å². The Morgan fingerprint density at radius 3 is 2.56 bits per heavy atom. The van der Waals surface area contributed by atoms with Crippen LogP contribution in [-0.4, -0.2) is 17.1 Å². The molecule has 1 heterocycles. The molecule has 0 atom stereocenters. The number of urea groups is 1. The molecular weight excluding hydrogens is 343 g/mol. The minimum absolute atomic E-state index is 0.173. The second-order valence-corrected chi connectivity index (χ2v) is 6.75. The minimum Gasteiger partial charge on any atom is -0.351 e. The molecule has 2 amide bonds. The number of nitrogens with zero attached hydrogens (tertiary/aromatic N) is 1. The van der Waals surface area contributed by atoms with E-state index < -0.39 is 11.8 Å². The Bertz CT molecular complexity index is 791. The molecule has 5 N–H and O–H groups in total. The van der Waals surface area contributed by atoms with Gasteiger partial charge in [-0.05, 0) is 61.4 Å². The van der Waals surface area contributed by atoms with E-state index in [-0.39, 0.29) is 12.0 Å². The first-order valence-electron chi connectivity index (χ1n) is 8.22. The molecule has 0 bridgehead atoms. The first-order chi connectivity index (χ1) is 12.0. The quantitative estimate of drug-likeness (QED) is 0.769. The number of hydrogen-bond donors (Lipinski definition) is 3. The van der Waals surface area contributed by atoms with Crippen molar-refractivity contribution in [1.82, 2.24) is 4.98 Å². The maximum absolute atomic E-state index is 13.4. The third-order valence-corrected chi connectivity index (χ3v) is 4.95. The van der Waals surface area contributed by atoms with Crippen molar-refractivity contribution in [1.29, 1.82) is 0 Å². The Hall–Kier alpha value is -2.18. The lowest BCUT2D eigenvalue weighted by Crippen LogP contribution is -2.27. The van der Waals surface area contributed by atoms with Crippen molar-refractivity contribution in [3.05, 3.63) is 46.9 Å². The highest BCUT2D eigenvalue weighted by Crippen LogP contribution is 2.42. The Morgan fingerprint density at radius 2 is 1.92 bits per heavy atom. The number of aromatic nitrogens is 1. The number of pyridine rings is 1. The summed E-state index contributed by atoms with van der Waals surface area (Å²) in [5, 5.41) is 2.91. The van der Waals surface area contributed by atoms with Crippen LogP contribution in [0.3, 0.4) is 0 Å². The first kappa shape index (κ1) is 17.6. The van der Waals surface area contributed by atoms with Crippen molar-refractivity contribution in [3.63, 3.8) is 0 Å². The molecule has 2 aromatic rings. The van der Waals surface area contributed by atoms with Crippen molar-refractivity contribution < 1.29 is 9.18 Å². The number of rotatable bonds is 3. The first-order valence-corrected chi connectivity index (χ1v) is 8.60. The average Bonchev–Trinajstić information content (AvgIpc) is 2.55. The van der Waals surface area contributed by atoms with Gasteiger partial charge in [0.2, 0.25) is 0 Å². The monoisotopic (exact) mass is 362 g/mol. The number of nitrogens with two attached hydrogens (primary N) is 2. The van der Waals surface area contributed by atoms with E-state index in [1.54, 1.807) is 12.3 Å². The third kappa shape index (κ3) is 3.91. The third-order valence-electron chi connectivity index (χ3n) is 4.63. The van der Waals surface area contributed by atoms with Crippen molar-refractivity contribution in [3.8, 4) is 11.1 Å². The number of anilines is 1. The van der Waals surface area contributed by atoms with Gasteiger partial charge in [-0.3, -0.25) is 5.32 Å². The SMILES string of the molecule is NC(=O)Nc1nccc(-c2ccc(F)cc2Cl)c1C1CCC(N)CC1. The normalized spacial score (nSPS) is 20.3. The lowest BCUT2D eigenvalue weighted by atomic mass is 9.79. The van der Waals surface area contributed by atoms with E-state index in [1.807, 2.05) is 6.07 Å². The molecule has 1 aromatic carbocycles. The standard InChI is InChI=1S/C18H20ClFN4O/c19-15-9-11(20)3-6-13(15)14-7-8-23-17(24-18(22)25)16(14)10-1-4-12(21)5-2-10/h3,6-10,12H,1-2,4-5,21H2,(H3,22,23,24,25). The molecule has 1 aromatic heterocycles. The van der Waals surface area contributed by atoms with Crippen LogP contribution in [0.4, 0.5) is 15.0 Å². The summed E-state index contributed by atoms with van der Waals surface area (Å²) in [6, 6.07) is 5.62. The van der Waals surface area contributed by atoms with Crippen molar-refractivity contribution in [2.45, 2.75) is 37.6 Å². The van der Waals surface area contributed by atoms with Gasteiger partial charge in [0.05, 0.1) is 5.02 Å². The molecule has 25 heavy (non-hydrogen) atoms. The van der Waals surface area contributed by atoms with Gasteiger partial charge in [-0.2, -0.15) is 0 Å². The Balaban J connectivity index is 2.12. The average molecular weight is 363 g/mol. The van der Waals surface area contributed by atoms with Crippen molar-refractivity contribution in [2.75, 3.05) is 5.32 Å². The highest BCUT2D eigenvalue weighted by atomic mass is 35.5. The zero-order valence-corrected chi connectivity index (χ0v) is 14.4. The second kappa shape index (κ2) is 7.37. The summed E-state index contributed by atoms with van der Waals surface area (Å²) in [6.45, 7) is 0. The molecular formula is C18H20ClFN4O. The van der Waals surface area contributed by atoms with E-state index >= 15 is 0 Å². The Kier molecular flexibility index (Phi) is 5.20. The summed E-state index contributed by atoms with van der Waals surface area (Å²) in [5.41, 5.74) is 13.7. The number of carbonyl (C=O) groups is 1. The molecule has 0 radical (unpaired) electrons. The van der Waals surface area contributed by atoms with E-state index in [9.17, 15) is 9.18 Å². The van der Waals surface area contributed by atoms with Crippen LogP contribution in [0.15, 0.2) is 30.5 Å². The van der Waals surface area contributed by atoms with Gasteiger partial charge in [0.25, 0.3) is 0 Å². The summed E-state index contributed by atoms with van der Waals surface area (Å²) < 4.78 is 13.4. The van der Waals surface area contributed by atoms with Crippen LogP contribution in [0, 0.1) is 5.82 Å². The van der Waals surface area contributed by atoms with Gasteiger partial charge in [0.15, 0.2) is 0 Å². The van der Waals surface area contributed by atoms with Gasteiger partial charge in [0.1, 0.15) is 11.6 Å². The molecule has 0 aliphatic heterocycles. The van der Waals surface area contributed by atoms with Crippen molar-refractivity contribution in [2.24, 2.45) is 11.5 Å². The van der Waals surface area contributed by atoms with Gasteiger partial charge in [-0.15, -0.1) is 0 Å². The van der Waals surface area contributed by atoms with E-state index in [1.165, 1.54) is 12.1 Å². The van der Waals surface area contributed by atoms with E-state index in [0.29, 0.717) is 16.4 Å². The lowest BCUT2D eigenvalue weighted by molar-refractivity contribution is 0.259.